The molecule has 1 amide bonds. The normalized spacial score (nSPS) is 10.7. The first-order valence-corrected chi connectivity index (χ1v) is 6.02. The summed E-state index contributed by atoms with van der Waals surface area (Å²) < 4.78 is 5.10. The number of aromatic nitrogens is 2. The summed E-state index contributed by atoms with van der Waals surface area (Å²) in [7, 11) is 4.54. The smallest absolute Gasteiger partial charge is 0.287 e. The van der Waals surface area contributed by atoms with Crippen LogP contribution in [0.15, 0.2) is 6.07 Å². The van der Waals surface area contributed by atoms with Gasteiger partial charge in [-0.3, -0.25) is 9.63 Å². The number of thiophene rings is 1. The standard InChI is InChI=1S/C11H13N3O3S/c1-6-9(16-3)13-7-5-8(18-10(7)12-6)11(15)14(2)17-4/h5H,1-4H3. The summed E-state index contributed by atoms with van der Waals surface area (Å²) >= 11 is 1.28. The molecule has 0 N–H and O–H groups in total. The van der Waals surface area contributed by atoms with Crippen LogP contribution in [0.3, 0.4) is 0 Å². The lowest BCUT2D eigenvalue weighted by atomic mass is 10.4. The fourth-order valence-corrected chi connectivity index (χ4v) is 2.45. The fraction of sp³-hybridized carbons (Fsp3) is 0.364. The third-order valence-electron chi connectivity index (χ3n) is 2.46. The largest absolute Gasteiger partial charge is 0.480 e. The summed E-state index contributed by atoms with van der Waals surface area (Å²) in [6.45, 7) is 1.81. The molecule has 0 aliphatic rings. The molecular weight excluding hydrogens is 254 g/mol. The molecule has 96 valence electrons. The number of carbonyl (C=O) groups excluding carboxylic acids is 1. The molecule has 0 saturated carbocycles. The van der Waals surface area contributed by atoms with E-state index in [9.17, 15) is 4.79 Å². The molecule has 2 rings (SSSR count). The molecule has 2 heterocycles. The van der Waals surface area contributed by atoms with Gasteiger partial charge in [0, 0.05) is 7.05 Å². The zero-order valence-electron chi connectivity index (χ0n) is 10.6. The summed E-state index contributed by atoms with van der Waals surface area (Å²) in [4.78, 5) is 26.7. The minimum atomic E-state index is -0.223. The molecule has 0 fully saturated rings. The van der Waals surface area contributed by atoms with Crippen LogP contribution in [0.25, 0.3) is 10.3 Å². The Morgan fingerprint density at radius 3 is 2.72 bits per heavy atom. The van der Waals surface area contributed by atoms with Gasteiger partial charge in [0.25, 0.3) is 5.91 Å². The first kappa shape index (κ1) is 12.7. The molecule has 0 radical (unpaired) electrons. The molecule has 0 aliphatic carbocycles. The number of carbonyl (C=O) groups is 1. The minimum Gasteiger partial charge on any atom is -0.480 e. The van der Waals surface area contributed by atoms with E-state index < -0.39 is 0 Å². The average molecular weight is 267 g/mol. The van der Waals surface area contributed by atoms with Gasteiger partial charge in [-0.1, -0.05) is 0 Å². The summed E-state index contributed by atoms with van der Waals surface area (Å²) in [6, 6.07) is 1.69. The lowest BCUT2D eigenvalue weighted by molar-refractivity contribution is -0.0753. The Bertz CT molecular complexity index is 596. The van der Waals surface area contributed by atoms with Gasteiger partial charge in [-0.05, 0) is 13.0 Å². The molecule has 0 bridgehead atoms. The summed E-state index contributed by atoms with van der Waals surface area (Å²) in [6.07, 6.45) is 0. The molecule has 0 unspecified atom stereocenters. The highest BCUT2D eigenvalue weighted by atomic mass is 32.1. The quantitative estimate of drug-likeness (QED) is 0.791. The van der Waals surface area contributed by atoms with Crippen LogP contribution in [0.4, 0.5) is 0 Å². The number of hydrogen-bond acceptors (Lipinski definition) is 6. The van der Waals surface area contributed by atoms with Crippen LogP contribution < -0.4 is 4.74 Å². The molecular formula is C11H13N3O3S. The molecule has 2 aromatic rings. The van der Waals surface area contributed by atoms with Crippen molar-refractivity contribution in [2.24, 2.45) is 0 Å². The highest BCUT2D eigenvalue weighted by molar-refractivity contribution is 7.20. The fourth-order valence-electron chi connectivity index (χ4n) is 1.46. The van der Waals surface area contributed by atoms with Crippen molar-refractivity contribution in [3.05, 3.63) is 16.6 Å². The van der Waals surface area contributed by atoms with Crippen LogP contribution in [0.1, 0.15) is 15.4 Å². The van der Waals surface area contributed by atoms with Gasteiger partial charge >= 0.3 is 0 Å². The van der Waals surface area contributed by atoms with Crippen molar-refractivity contribution >= 4 is 27.6 Å². The summed E-state index contributed by atoms with van der Waals surface area (Å²) in [5, 5.41) is 1.16. The van der Waals surface area contributed by atoms with Gasteiger partial charge in [-0.2, -0.15) is 0 Å². The van der Waals surface area contributed by atoms with Gasteiger partial charge in [-0.15, -0.1) is 11.3 Å². The van der Waals surface area contributed by atoms with E-state index in [1.54, 1.807) is 20.2 Å². The van der Waals surface area contributed by atoms with E-state index in [1.165, 1.54) is 18.4 Å². The lowest BCUT2D eigenvalue weighted by Gasteiger charge is -2.11. The maximum absolute atomic E-state index is 11.9. The van der Waals surface area contributed by atoms with Crippen LogP contribution in [0.2, 0.25) is 0 Å². The number of hydroxylamine groups is 2. The predicted molar refractivity (Wildman–Crippen MR) is 67.8 cm³/mol. The van der Waals surface area contributed by atoms with E-state index in [-0.39, 0.29) is 5.91 Å². The van der Waals surface area contributed by atoms with E-state index in [0.29, 0.717) is 26.8 Å². The molecule has 0 spiro atoms. The number of aryl methyl sites for hydroxylation is 1. The number of nitrogens with zero attached hydrogens (tertiary/aromatic N) is 3. The van der Waals surface area contributed by atoms with Crippen LogP contribution in [0, 0.1) is 6.92 Å². The van der Waals surface area contributed by atoms with Crippen molar-refractivity contribution in [3.63, 3.8) is 0 Å². The second-order valence-corrected chi connectivity index (χ2v) is 4.64. The maximum Gasteiger partial charge on any atom is 0.287 e. The Morgan fingerprint density at radius 2 is 2.11 bits per heavy atom. The van der Waals surface area contributed by atoms with Gasteiger partial charge in [0.05, 0.1) is 19.1 Å². The van der Waals surface area contributed by atoms with E-state index in [2.05, 4.69) is 9.97 Å². The minimum absolute atomic E-state index is 0.223. The molecule has 6 nitrogen and oxygen atoms in total. The van der Waals surface area contributed by atoms with Gasteiger partial charge < -0.3 is 4.74 Å². The van der Waals surface area contributed by atoms with E-state index in [0.717, 1.165) is 5.06 Å². The van der Waals surface area contributed by atoms with Crippen molar-refractivity contribution in [1.82, 2.24) is 15.0 Å². The van der Waals surface area contributed by atoms with Crippen molar-refractivity contribution in [2.75, 3.05) is 21.3 Å². The molecule has 7 heteroatoms. The number of hydrogen-bond donors (Lipinski definition) is 0. The van der Waals surface area contributed by atoms with Crippen LogP contribution >= 0.6 is 11.3 Å². The summed E-state index contributed by atoms with van der Waals surface area (Å²) in [5.74, 6) is 0.248. The second kappa shape index (κ2) is 4.87. The number of amides is 1. The number of methoxy groups -OCH3 is 1. The first-order chi connectivity index (χ1) is 8.56. The Balaban J connectivity index is 2.47. The predicted octanol–water partition coefficient (Wildman–Crippen LogP) is 1.64. The van der Waals surface area contributed by atoms with Gasteiger partial charge in [0.15, 0.2) is 0 Å². The topological polar surface area (TPSA) is 64.5 Å². The number of rotatable bonds is 3. The highest BCUT2D eigenvalue weighted by Crippen LogP contribution is 2.26. The SMILES string of the molecule is COc1nc2cc(C(=O)N(C)OC)sc2nc1C. The van der Waals surface area contributed by atoms with Gasteiger partial charge in [-0.25, -0.2) is 15.0 Å². The van der Waals surface area contributed by atoms with Crippen LogP contribution in [-0.2, 0) is 4.84 Å². The Labute approximate surface area is 108 Å². The zero-order valence-corrected chi connectivity index (χ0v) is 11.4. The van der Waals surface area contributed by atoms with Crippen LogP contribution in [-0.4, -0.2) is 42.2 Å². The number of fused-ring (bicyclic) bond motifs is 1. The van der Waals surface area contributed by atoms with E-state index >= 15 is 0 Å². The average Bonchev–Trinajstić information content (AvgIpc) is 2.78. The monoisotopic (exact) mass is 267 g/mol. The van der Waals surface area contributed by atoms with Crippen molar-refractivity contribution in [1.29, 1.82) is 0 Å². The van der Waals surface area contributed by atoms with Gasteiger partial charge in [0.2, 0.25) is 5.88 Å². The molecule has 18 heavy (non-hydrogen) atoms. The zero-order chi connectivity index (χ0) is 13.3. The highest BCUT2D eigenvalue weighted by Gasteiger charge is 2.17. The Morgan fingerprint density at radius 1 is 1.39 bits per heavy atom. The molecule has 0 atom stereocenters. The third kappa shape index (κ3) is 2.14. The maximum atomic E-state index is 11.9. The van der Waals surface area contributed by atoms with E-state index in [1.807, 2.05) is 6.92 Å². The van der Waals surface area contributed by atoms with E-state index in [4.69, 9.17) is 9.57 Å². The third-order valence-corrected chi connectivity index (χ3v) is 3.46. The molecule has 0 saturated heterocycles. The second-order valence-electron chi connectivity index (χ2n) is 3.60. The van der Waals surface area contributed by atoms with Crippen molar-refractivity contribution in [3.8, 4) is 5.88 Å². The van der Waals surface area contributed by atoms with Crippen molar-refractivity contribution in [2.45, 2.75) is 6.92 Å². The molecule has 0 aromatic carbocycles. The lowest BCUT2D eigenvalue weighted by Crippen LogP contribution is -2.24. The molecule has 0 aliphatic heterocycles. The Hall–Kier alpha value is -1.73. The van der Waals surface area contributed by atoms with Gasteiger partial charge in [0.1, 0.15) is 16.0 Å². The molecule has 2 aromatic heterocycles. The van der Waals surface area contributed by atoms with Crippen molar-refractivity contribution < 1.29 is 14.4 Å². The summed E-state index contributed by atoms with van der Waals surface area (Å²) in [5.41, 5.74) is 1.35. The first-order valence-electron chi connectivity index (χ1n) is 5.21. The Kier molecular flexibility index (Phi) is 3.44. The van der Waals surface area contributed by atoms with Crippen LogP contribution in [0.5, 0.6) is 5.88 Å². The number of ether oxygens (including phenoxy) is 1.